The first-order valence-corrected chi connectivity index (χ1v) is 22.8. The Labute approximate surface area is 389 Å². The molecule has 3 heteroatoms. The molecule has 316 valence electrons. The number of nitrogens with zero attached hydrogens (tertiary/aromatic N) is 2. The second kappa shape index (κ2) is 17.0. The van der Waals surface area contributed by atoms with Crippen molar-refractivity contribution >= 4 is 49.6 Å². The normalized spacial score (nSPS) is 11.4. The van der Waals surface area contributed by atoms with Crippen molar-refractivity contribution < 1.29 is 4.39 Å². The maximum atomic E-state index is 14.9. The quantitative estimate of drug-likeness (QED) is 0.140. The number of hydrogen-bond acceptors (Lipinski definition) is 1. The van der Waals surface area contributed by atoms with E-state index in [2.05, 4.69) is 246 Å². The van der Waals surface area contributed by atoms with Gasteiger partial charge in [0.2, 0.25) is 0 Å². The Balaban J connectivity index is 1.08. The van der Waals surface area contributed by atoms with Gasteiger partial charge in [-0.15, -0.1) is 0 Å². The highest BCUT2D eigenvalue weighted by atomic mass is 19.1. The largest absolute Gasteiger partial charge is 0.309 e. The lowest BCUT2D eigenvalue weighted by Crippen LogP contribution is -2.12. The van der Waals surface area contributed by atoms with Crippen LogP contribution in [-0.2, 0) is 0 Å². The first-order valence-electron chi connectivity index (χ1n) is 22.8. The molecule has 0 aliphatic carbocycles. The smallest absolute Gasteiger partial charge is 0.123 e. The van der Waals surface area contributed by atoms with Crippen LogP contribution in [0.3, 0.4) is 0 Å². The van der Waals surface area contributed by atoms with Crippen molar-refractivity contribution in [3.8, 4) is 61.3 Å². The van der Waals surface area contributed by atoms with Gasteiger partial charge in [-0.05, 0) is 122 Å². The molecule has 0 radical (unpaired) electrons. The summed E-state index contributed by atoms with van der Waals surface area (Å²) in [6, 6.07) is 91.7. The van der Waals surface area contributed by atoms with Crippen LogP contribution in [0.2, 0.25) is 0 Å². The Morgan fingerprint density at radius 2 is 0.836 bits per heavy atom. The van der Waals surface area contributed by atoms with Gasteiger partial charge in [0.15, 0.2) is 0 Å². The molecule has 67 heavy (non-hydrogen) atoms. The van der Waals surface area contributed by atoms with E-state index in [1.165, 1.54) is 33.5 Å². The van der Waals surface area contributed by atoms with Crippen molar-refractivity contribution in [2.24, 2.45) is 0 Å². The molecule has 0 N–H and O–H groups in total. The van der Waals surface area contributed by atoms with Gasteiger partial charge < -0.3 is 9.47 Å². The summed E-state index contributed by atoms with van der Waals surface area (Å²) >= 11 is 0. The van der Waals surface area contributed by atoms with Gasteiger partial charge in [-0.25, -0.2) is 4.39 Å². The van der Waals surface area contributed by atoms with E-state index in [1.807, 2.05) is 6.07 Å². The zero-order chi connectivity index (χ0) is 44.7. The molecule has 12 aromatic rings. The molecular weight excluding hydrogens is 816 g/mol. The topological polar surface area (TPSA) is 8.17 Å². The van der Waals surface area contributed by atoms with E-state index in [9.17, 15) is 4.39 Å². The number of benzene rings is 11. The number of rotatable bonds is 9. The molecule has 0 saturated heterocycles. The molecule has 0 unspecified atom stereocenters. The van der Waals surface area contributed by atoms with Crippen LogP contribution in [0, 0.1) is 5.82 Å². The maximum absolute atomic E-state index is 14.9. The molecular formula is C64H43FN2. The van der Waals surface area contributed by atoms with Crippen LogP contribution in [0.5, 0.6) is 0 Å². The predicted octanol–water partition coefficient (Wildman–Crippen LogP) is 17.9. The average molecular weight is 859 g/mol. The minimum Gasteiger partial charge on any atom is -0.309 e. The van der Waals surface area contributed by atoms with Crippen molar-refractivity contribution in [1.29, 1.82) is 0 Å². The summed E-state index contributed by atoms with van der Waals surface area (Å²) in [5.74, 6) is -0.257. The minimum atomic E-state index is -0.257. The Kier molecular flexibility index (Phi) is 10.1. The van der Waals surface area contributed by atoms with Crippen molar-refractivity contribution in [1.82, 2.24) is 4.57 Å². The van der Waals surface area contributed by atoms with Crippen molar-refractivity contribution in [2.75, 3.05) is 4.90 Å². The Morgan fingerprint density at radius 1 is 0.313 bits per heavy atom. The predicted molar refractivity (Wildman–Crippen MR) is 280 cm³/mol. The molecule has 11 aromatic carbocycles. The van der Waals surface area contributed by atoms with Gasteiger partial charge >= 0.3 is 0 Å². The monoisotopic (exact) mass is 858 g/mol. The SMILES string of the molecule is Fc1cccc(-c2cccc3cccc(-c4ccccc4N(c4cccc(-c5ccc(-c6ccccc6)cc5)c4)c4ccccc4-c4ccc5c(c4)c4ccccc4n5-c4ccccc4)c23)c1. The van der Waals surface area contributed by atoms with E-state index in [0.717, 1.165) is 83.5 Å². The van der Waals surface area contributed by atoms with Gasteiger partial charge in [0.25, 0.3) is 0 Å². The van der Waals surface area contributed by atoms with Crippen LogP contribution < -0.4 is 4.90 Å². The third kappa shape index (κ3) is 7.24. The Morgan fingerprint density at radius 3 is 1.61 bits per heavy atom. The van der Waals surface area contributed by atoms with Crippen LogP contribution in [0.4, 0.5) is 21.5 Å². The number of anilines is 3. The van der Waals surface area contributed by atoms with Gasteiger partial charge in [-0.3, -0.25) is 0 Å². The van der Waals surface area contributed by atoms with Crippen molar-refractivity contribution in [3.05, 3.63) is 267 Å². The van der Waals surface area contributed by atoms with Crippen molar-refractivity contribution in [3.63, 3.8) is 0 Å². The highest BCUT2D eigenvalue weighted by molar-refractivity contribution is 6.12. The molecule has 1 aromatic heterocycles. The molecule has 2 nitrogen and oxygen atoms in total. The lowest BCUT2D eigenvalue weighted by Gasteiger charge is -2.30. The van der Waals surface area contributed by atoms with E-state index in [1.54, 1.807) is 12.1 Å². The lowest BCUT2D eigenvalue weighted by atomic mass is 9.90. The molecule has 0 atom stereocenters. The van der Waals surface area contributed by atoms with Gasteiger partial charge in [0, 0.05) is 33.3 Å². The highest BCUT2D eigenvalue weighted by Crippen LogP contribution is 2.48. The van der Waals surface area contributed by atoms with E-state index >= 15 is 0 Å². The number of hydrogen-bond donors (Lipinski definition) is 0. The van der Waals surface area contributed by atoms with Crippen molar-refractivity contribution in [2.45, 2.75) is 0 Å². The molecule has 1 heterocycles. The van der Waals surface area contributed by atoms with Gasteiger partial charge in [-0.2, -0.15) is 0 Å². The zero-order valence-corrected chi connectivity index (χ0v) is 36.6. The van der Waals surface area contributed by atoms with Crippen LogP contribution in [0.25, 0.3) is 93.9 Å². The Hall–Kier alpha value is -8.79. The molecule has 0 saturated carbocycles. The number of halogens is 1. The average Bonchev–Trinajstić information content (AvgIpc) is 3.73. The number of para-hydroxylation sites is 4. The molecule has 0 aliphatic heterocycles. The van der Waals surface area contributed by atoms with Crippen LogP contribution in [0.1, 0.15) is 0 Å². The van der Waals surface area contributed by atoms with Gasteiger partial charge in [-0.1, -0.05) is 194 Å². The van der Waals surface area contributed by atoms with Gasteiger partial charge in [0.05, 0.1) is 22.4 Å². The number of aromatic nitrogens is 1. The summed E-state index contributed by atoms with van der Waals surface area (Å²) in [6.07, 6.45) is 0. The first-order chi connectivity index (χ1) is 33.2. The first kappa shape index (κ1) is 39.8. The summed E-state index contributed by atoms with van der Waals surface area (Å²) in [7, 11) is 0. The zero-order valence-electron chi connectivity index (χ0n) is 36.6. The molecule has 0 fully saturated rings. The highest BCUT2D eigenvalue weighted by Gasteiger charge is 2.23. The van der Waals surface area contributed by atoms with E-state index in [-0.39, 0.29) is 5.82 Å². The third-order valence-electron chi connectivity index (χ3n) is 13.0. The van der Waals surface area contributed by atoms with Crippen LogP contribution >= 0.6 is 0 Å². The summed E-state index contributed by atoms with van der Waals surface area (Å²) in [5.41, 5.74) is 17.4. The molecule has 0 aliphatic rings. The number of fused-ring (bicyclic) bond motifs is 4. The summed E-state index contributed by atoms with van der Waals surface area (Å²) in [4.78, 5) is 2.42. The fourth-order valence-corrected chi connectivity index (χ4v) is 9.99. The standard InChI is InChI=1S/C64H43FN2/c65-51-23-13-22-49(41-51)55-30-15-19-47-20-16-31-58(64(47)55)56-28-8-11-33-61(56)67(53-26-14-21-48(42-53)46-37-35-45(36-38-46)44-17-3-1-4-18-44)60-32-10-7-27-54(60)50-39-40-63-59(43-50)57-29-9-12-34-62(57)66(63)52-24-5-2-6-25-52/h1-43H. The van der Waals surface area contributed by atoms with Crippen LogP contribution in [0.15, 0.2) is 261 Å². The fraction of sp³-hybridized carbons (Fsp3) is 0. The molecule has 0 bridgehead atoms. The van der Waals surface area contributed by atoms with E-state index in [0.29, 0.717) is 0 Å². The van der Waals surface area contributed by atoms with E-state index in [4.69, 9.17) is 0 Å². The maximum Gasteiger partial charge on any atom is 0.123 e. The third-order valence-corrected chi connectivity index (χ3v) is 13.0. The Bertz CT molecular complexity index is 3750. The lowest BCUT2D eigenvalue weighted by molar-refractivity contribution is 0.628. The molecule has 0 spiro atoms. The van der Waals surface area contributed by atoms with Crippen LogP contribution in [-0.4, -0.2) is 4.57 Å². The molecule has 0 amide bonds. The summed E-state index contributed by atoms with van der Waals surface area (Å²) < 4.78 is 17.3. The molecule has 12 rings (SSSR count). The summed E-state index contributed by atoms with van der Waals surface area (Å²) in [5, 5.41) is 4.56. The van der Waals surface area contributed by atoms with E-state index < -0.39 is 0 Å². The summed E-state index contributed by atoms with van der Waals surface area (Å²) in [6.45, 7) is 0. The minimum absolute atomic E-state index is 0.257. The second-order valence-electron chi connectivity index (χ2n) is 17.0. The second-order valence-corrected chi connectivity index (χ2v) is 17.0. The fourth-order valence-electron chi connectivity index (χ4n) is 9.99. The van der Waals surface area contributed by atoms with Gasteiger partial charge in [0.1, 0.15) is 5.82 Å².